The first-order valence-electron chi connectivity index (χ1n) is 11.1. The molecule has 37 heavy (non-hydrogen) atoms. The second kappa shape index (κ2) is 9.34. The molecular formula is C25H20N8O4. The Kier molecular flexibility index (Phi) is 5.89. The van der Waals surface area contributed by atoms with E-state index in [1.165, 1.54) is 30.9 Å². The first-order chi connectivity index (χ1) is 17.8. The van der Waals surface area contributed by atoms with Crippen LogP contribution in [0.2, 0.25) is 0 Å². The normalized spacial score (nSPS) is 10.9. The molecule has 5 aromatic rings. The van der Waals surface area contributed by atoms with Crippen molar-refractivity contribution in [3.8, 4) is 17.1 Å². The third kappa shape index (κ3) is 4.27. The number of amides is 2. The number of carbonyl (C=O) groups is 2. The topological polar surface area (TPSA) is 146 Å². The number of pyridine rings is 1. The maximum absolute atomic E-state index is 12.8. The highest BCUT2D eigenvalue weighted by Crippen LogP contribution is 2.20. The van der Waals surface area contributed by atoms with E-state index in [-0.39, 0.29) is 22.6 Å². The SMILES string of the molecule is Cn1c(=O)c2ccc(C(=O)NNC(=O)c3nc(-c4ccccc4)n(-c4ccccc4)n3)nc2n(C)c1=O. The smallest absolute Gasteiger partial charge is 0.280 e. The van der Waals surface area contributed by atoms with Gasteiger partial charge in [0.05, 0.1) is 11.1 Å². The highest BCUT2D eigenvalue weighted by atomic mass is 16.2. The number of rotatable bonds is 4. The zero-order valence-electron chi connectivity index (χ0n) is 19.7. The molecule has 0 unspecified atom stereocenters. The van der Waals surface area contributed by atoms with Crippen LogP contribution in [0.4, 0.5) is 0 Å². The van der Waals surface area contributed by atoms with Gasteiger partial charge in [0.15, 0.2) is 5.82 Å². The Hall–Kier alpha value is -5.39. The zero-order chi connectivity index (χ0) is 26.1. The number of para-hydroxylation sites is 1. The number of hydrogen-bond acceptors (Lipinski definition) is 7. The number of hydrazine groups is 1. The summed E-state index contributed by atoms with van der Waals surface area (Å²) >= 11 is 0. The Morgan fingerprint density at radius 3 is 2.11 bits per heavy atom. The average molecular weight is 496 g/mol. The van der Waals surface area contributed by atoms with Crippen LogP contribution >= 0.6 is 0 Å². The molecule has 0 fully saturated rings. The van der Waals surface area contributed by atoms with Gasteiger partial charge in [0.25, 0.3) is 11.5 Å². The second-order valence-electron chi connectivity index (χ2n) is 8.05. The molecule has 2 N–H and O–H groups in total. The molecule has 0 bridgehead atoms. The lowest BCUT2D eigenvalue weighted by Crippen LogP contribution is -2.42. The number of fused-ring (bicyclic) bond motifs is 1. The van der Waals surface area contributed by atoms with Crippen LogP contribution in [-0.2, 0) is 14.1 Å². The summed E-state index contributed by atoms with van der Waals surface area (Å²) in [5, 5.41) is 4.51. The van der Waals surface area contributed by atoms with Gasteiger partial charge < -0.3 is 0 Å². The number of nitrogens with one attached hydrogen (secondary N) is 2. The number of benzene rings is 2. The van der Waals surface area contributed by atoms with Gasteiger partial charge in [0, 0.05) is 19.7 Å². The van der Waals surface area contributed by atoms with Crippen LogP contribution in [0.5, 0.6) is 0 Å². The van der Waals surface area contributed by atoms with E-state index in [9.17, 15) is 19.2 Å². The van der Waals surface area contributed by atoms with Gasteiger partial charge in [-0.1, -0.05) is 48.5 Å². The molecule has 0 radical (unpaired) electrons. The first-order valence-corrected chi connectivity index (χ1v) is 11.1. The maximum Gasteiger partial charge on any atom is 0.332 e. The summed E-state index contributed by atoms with van der Waals surface area (Å²) in [6, 6.07) is 21.2. The molecular weight excluding hydrogens is 476 g/mol. The van der Waals surface area contributed by atoms with Gasteiger partial charge in [-0.05, 0) is 24.3 Å². The zero-order valence-corrected chi connectivity index (χ0v) is 19.7. The number of carbonyl (C=O) groups excluding carboxylic acids is 2. The fourth-order valence-corrected chi connectivity index (χ4v) is 3.75. The molecule has 0 spiro atoms. The average Bonchev–Trinajstić information content (AvgIpc) is 3.40. The van der Waals surface area contributed by atoms with Gasteiger partial charge in [-0.2, -0.15) is 0 Å². The third-order valence-electron chi connectivity index (χ3n) is 5.67. The maximum atomic E-state index is 12.8. The van der Waals surface area contributed by atoms with Crippen molar-refractivity contribution in [3.63, 3.8) is 0 Å². The minimum atomic E-state index is -0.755. The number of aromatic nitrogens is 6. The van der Waals surface area contributed by atoms with E-state index in [2.05, 4.69) is 25.9 Å². The van der Waals surface area contributed by atoms with Crippen molar-refractivity contribution in [1.82, 2.24) is 39.7 Å². The Morgan fingerprint density at radius 1 is 0.757 bits per heavy atom. The van der Waals surface area contributed by atoms with Gasteiger partial charge in [-0.15, -0.1) is 5.10 Å². The summed E-state index contributed by atoms with van der Waals surface area (Å²) in [6.07, 6.45) is 0. The monoisotopic (exact) mass is 496 g/mol. The summed E-state index contributed by atoms with van der Waals surface area (Å²) in [4.78, 5) is 58.6. The van der Waals surface area contributed by atoms with Gasteiger partial charge >= 0.3 is 11.6 Å². The minimum absolute atomic E-state index is 0.0443. The fraction of sp³-hybridized carbons (Fsp3) is 0.0800. The Labute approximate surface area is 208 Å². The molecule has 0 saturated carbocycles. The van der Waals surface area contributed by atoms with Crippen LogP contribution in [0, 0.1) is 0 Å². The van der Waals surface area contributed by atoms with E-state index < -0.39 is 23.1 Å². The van der Waals surface area contributed by atoms with Crippen LogP contribution in [0.15, 0.2) is 82.4 Å². The predicted octanol–water partition coefficient (Wildman–Crippen LogP) is 0.955. The van der Waals surface area contributed by atoms with Crippen molar-refractivity contribution in [2.75, 3.05) is 0 Å². The van der Waals surface area contributed by atoms with Crippen molar-refractivity contribution in [3.05, 3.63) is 105 Å². The summed E-state index contributed by atoms with van der Waals surface area (Å²) in [5.74, 6) is -1.22. The molecule has 0 saturated heterocycles. The van der Waals surface area contributed by atoms with E-state index in [0.29, 0.717) is 11.5 Å². The molecule has 3 aromatic heterocycles. The molecule has 12 heteroatoms. The van der Waals surface area contributed by atoms with Crippen LogP contribution < -0.4 is 22.1 Å². The summed E-state index contributed by atoms with van der Waals surface area (Å²) in [5.41, 5.74) is 4.84. The number of nitrogens with zero attached hydrogens (tertiary/aromatic N) is 6. The quantitative estimate of drug-likeness (QED) is 0.352. The lowest BCUT2D eigenvalue weighted by molar-refractivity contribution is 0.0838. The number of hydrogen-bond donors (Lipinski definition) is 2. The Bertz CT molecular complexity index is 1720. The van der Waals surface area contributed by atoms with Gasteiger partial charge in [0.2, 0.25) is 5.82 Å². The fourth-order valence-electron chi connectivity index (χ4n) is 3.75. The van der Waals surface area contributed by atoms with Crippen molar-refractivity contribution < 1.29 is 9.59 Å². The summed E-state index contributed by atoms with van der Waals surface area (Å²) < 4.78 is 3.66. The number of aryl methyl sites for hydroxylation is 1. The molecule has 5 rings (SSSR count). The molecule has 0 aliphatic carbocycles. The minimum Gasteiger partial charge on any atom is -0.280 e. The van der Waals surface area contributed by atoms with E-state index >= 15 is 0 Å². The van der Waals surface area contributed by atoms with Crippen molar-refractivity contribution in [2.45, 2.75) is 0 Å². The van der Waals surface area contributed by atoms with Crippen molar-refractivity contribution in [1.29, 1.82) is 0 Å². The molecule has 2 aromatic carbocycles. The highest BCUT2D eigenvalue weighted by Gasteiger charge is 2.20. The summed E-state index contributed by atoms with van der Waals surface area (Å²) in [7, 11) is 2.80. The first kappa shape index (κ1) is 23.4. The summed E-state index contributed by atoms with van der Waals surface area (Å²) in [6.45, 7) is 0. The van der Waals surface area contributed by atoms with Crippen LogP contribution in [0.1, 0.15) is 21.1 Å². The van der Waals surface area contributed by atoms with E-state index in [1.54, 1.807) is 0 Å². The standard InChI is InChI=1S/C25H20N8O4/c1-31-21-17(24(36)32(2)25(31)37)13-14-18(26-21)22(34)28-29-23(35)19-27-20(15-9-5-3-6-10-15)33(30-19)16-11-7-4-8-12-16/h3-14H,1-2H3,(H,28,34)(H,29,35). The van der Waals surface area contributed by atoms with Crippen LogP contribution in [-0.4, -0.2) is 40.7 Å². The molecule has 0 aliphatic heterocycles. The third-order valence-corrected chi connectivity index (χ3v) is 5.67. The lowest BCUT2D eigenvalue weighted by Gasteiger charge is -2.09. The van der Waals surface area contributed by atoms with Crippen molar-refractivity contribution >= 4 is 22.8 Å². The predicted molar refractivity (Wildman–Crippen MR) is 134 cm³/mol. The molecule has 0 atom stereocenters. The van der Waals surface area contributed by atoms with Gasteiger partial charge in [-0.25, -0.2) is 19.4 Å². The van der Waals surface area contributed by atoms with Gasteiger partial charge in [0.1, 0.15) is 11.3 Å². The molecule has 0 aliphatic rings. The Balaban J connectivity index is 1.40. The lowest BCUT2D eigenvalue weighted by atomic mass is 10.2. The van der Waals surface area contributed by atoms with Crippen LogP contribution in [0.25, 0.3) is 28.1 Å². The molecule has 12 nitrogen and oxygen atoms in total. The highest BCUT2D eigenvalue weighted by molar-refractivity contribution is 5.97. The van der Waals surface area contributed by atoms with Crippen LogP contribution in [0.3, 0.4) is 0 Å². The van der Waals surface area contributed by atoms with E-state index in [0.717, 1.165) is 14.7 Å². The molecule has 3 heterocycles. The molecule has 2 amide bonds. The van der Waals surface area contributed by atoms with E-state index in [1.807, 2.05) is 60.7 Å². The largest absolute Gasteiger partial charge is 0.332 e. The second-order valence-corrected chi connectivity index (χ2v) is 8.05. The molecule has 184 valence electrons. The Morgan fingerprint density at radius 2 is 1.41 bits per heavy atom. The van der Waals surface area contributed by atoms with Crippen molar-refractivity contribution in [2.24, 2.45) is 14.1 Å². The van der Waals surface area contributed by atoms with Gasteiger partial charge in [-0.3, -0.25) is 34.4 Å². The van der Waals surface area contributed by atoms with E-state index in [4.69, 9.17) is 0 Å².